The number of primary sulfonamides is 1. The summed E-state index contributed by atoms with van der Waals surface area (Å²) in [6.45, 7) is 5.16. The fraction of sp³-hybridized carbons (Fsp3) is 0.667. The van der Waals surface area contributed by atoms with Crippen molar-refractivity contribution >= 4 is 10.0 Å². The van der Waals surface area contributed by atoms with Crippen LogP contribution in [0.3, 0.4) is 0 Å². The van der Waals surface area contributed by atoms with Crippen molar-refractivity contribution in [3.8, 4) is 0 Å². The third-order valence-electron chi connectivity index (χ3n) is 3.47. The van der Waals surface area contributed by atoms with Crippen molar-refractivity contribution in [3.05, 3.63) is 17.9 Å². The van der Waals surface area contributed by atoms with Crippen LogP contribution in [0.4, 0.5) is 0 Å². The third kappa shape index (κ3) is 4.04. The molecule has 2 heterocycles. The first-order valence-corrected chi connectivity index (χ1v) is 7.84. The van der Waals surface area contributed by atoms with Crippen LogP contribution < -0.4 is 10.5 Å². The Kier molecular flexibility index (Phi) is 4.29. The van der Waals surface area contributed by atoms with Gasteiger partial charge in [0, 0.05) is 19.8 Å². The molecule has 19 heavy (non-hydrogen) atoms. The second kappa shape index (κ2) is 5.62. The van der Waals surface area contributed by atoms with Crippen LogP contribution in [-0.4, -0.2) is 28.2 Å². The van der Waals surface area contributed by atoms with Crippen LogP contribution in [-0.2, 0) is 21.3 Å². The van der Waals surface area contributed by atoms with E-state index in [1.807, 2.05) is 0 Å². The molecule has 2 rings (SSSR count). The molecule has 0 spiro atoms. The predicted molar refractivity (Wildman–Crippen MR) is 69.9 cm³/mol. The van der Waals surface area contributed by atoms with Crippen molar-refractivity contribution in [1.82, 2.24) is 5.32 Å². The molecule has 0 unspecified atom stereocenters. The number of rotatable bonds is 5. The van der Waals surface area contributed by atoms with Gasteiger partial charge in [-0.05, 0) is 30.4 Å². The number of hydrogen-bond acceptors (Lipinski definition) is 5. The Hall–Kier alpha value is -0.890. The fourth-order valence-corrected chi connectivity index (χ4v) is 2.62. The smallest absolute Gasteiger partial charge is 0.271 e. The minimum atomic E-state index is -3.75. The van der Waals surface area contributed by atoms with Crippen molar-refractivity contribution < 1.29 is 17.6 Å². The van der Waals surface area contributed by atoms with Gasteiger partial charge in [0.2, 0.25) is 5.09 Å². The third-order valence-corrected chi connectivity index (χ3v) is 4.25. The van der Waals surface area contributed by atoms with Gasteiger partial charge in [-0.3, -0.25) is 0 Å². The summed E-state index contributed by atoms with van der Waals surface area (Å²) >= 11 is 0. The SMILES string of the molecule is CC1(CNCc2ccc(S(N)(=O)=O)o2)CCOCC1. The average molecular weight is 288 g/mol. The maximum atomic E-state index is 11.1. The second-order valence-electron chi connectivity index (χ2n) is 5.29. The Morgan fingerprint density at radius 2 is 2.05 bits per heavy atom. The highest BCUT2D eigenvalue weighted by Gasteiger charge is 2.26. The fourth-order valence-electron chi connectivity index (χ4n) is 2.13. The Morgan fingerprint density at radius 1 is 1.37 bits per heavy atom. The maximum absolute atomic E-state index is 11.1. The van der Waals surface area contributed by atoms with E-state index in [4.69, 9.17) is 14.3 Å². The Balaban J connectivity index is 1.84. The van der Waals surface area contributed by atoms with Gasteiger partial charge in [-0.25, -0.2) is 13.6 Å². The summed E-state index contributed by atoms with van der Waals surface area (Å²) in [6.07, 6.45) is 2.06. The van der Waals surface area contributed by atoms with Crippen LogP contribution in [0, 0.1) is 5.41 Å². The molecular formula is C12H20N2O4S. The van der Waals surface area contributed by atoms with Gasteiger partial charge in [-0.2, -0.15) is 0 Å². The molecule has 0 aliphatic carbocycles. The highest BCUT2D eigenvalue weighted by molar-refractivity contribution is 7.89. The van der Waals surface area contributed by atoms with E-state index in [9.17, 15) is 8.42 Å². The highest BCUT2D eigenvalue weighted by atomic mass is 32.2. The number of furan rings is 1. The van der Waals surface area contributed by atoms with Gasteiger partial charge >= 0.3 is 0 Å². The van der Waals surface area contributed by atoms with E-state index < -0.39 is 10.0 Å². The summed E-state index contributed by atoms with van der Waals surface area (Å²) in [5.74, 6) is 0.569. The van der Waals surface area contributed by atoms with Crippen LogP contribution in [0.25, 0.3) is 0 Å². The zero-order valence-corrected chi connectivity index (χ0v) is 11.8. The van der Waals surface area contributed by atoms with Gasteiger partial charge in [0.25, 0.3) is 10.0 Å². The minimum absolute atomic E-state index is 0.193. The number of nitrogens with one attached hydrogen (secondary N) is 1. The first-order valence-electron chi connectivity index (χ1n) is 6.29. The largest absolute Gasteiger partial charge is 0.447 e. The number of hydrogen-bond donors (Lipinski definition) is 2. The number of sulfonamides is 1. The van der Waals surface area contributed by atoms with Crippen molar-refractivity contribution in [2.75, 3.05) is 19.8 Å². The standard InChI is InChI=1S/C12H20N2O4S/c1-12(4-6-17-7-5-12)9-14-8-10-2-3-11(18-10)19(13,15)16/h2-3,14H,4-9H2,1H3,(H2,13,15,16). The molecule has 3 N–H and O–H groups in total. The molecule has 1 saturated heterocycles. The summed E-state index contributed by atoms with van der Waals surface area (Å²) in [7, 11) is -3.75. The molecule has 1 aliphatic heterocycles. The summed E-state index contributed by atoms with van der Waals surface area (Å²) in [5.41, 5.74) is 0.230. The zero-order chi connectivity index (χ0) is 13.9. The van der Waals surface area contributed by atoms with Crippen molar-refractivity contribution in [1.29, 1.82) is 0 Å². The van der Waals surface area contributed by atoms with E-state index in [0.717, 1.165) is 32.6 Å². The second-order valence-corrected chi connectivity index (χ2v) is 6.78. The molecule has 1 aliphatic rings. The van der Waals surface area contributed by atoms with E-state index in [-0.39, 0.29) is 10.5 Å². The summed E-state index contributed by atoms with van der Waals surface area (Å²) in [5, 5.41) is 8.08. The summed E-state index contributed by atoms with van der Waals surface area (Å²) in [4.78, 5) is 0. The van der Waals surface area contributed by atoms with E-state index in [2.05, 4.69) is 12.2 Å². The molecule has 0 atom stereocenters. The zero-order valence-electron chi connectivity index (χ0n) is 11.0. The lowest BCUT2D eigenvalue weighted by molar-refractivity contribution is 0.0238. The molecule has 0 aromatic carbocycles. The Labute approximate surface area is 113 Å². The minimum Gasteiger partial charge on any atom is -0.447 e. The predicted octanol–water partition coefficient (Wildman–Crippen LogP) is 0.833. The lowest BCUT2D eigenvalue weighted by Gasteiger charge is -2.33. The molecule has 1 aromatic rings. The normalized spacial score (nSPS) is 19.5. The van der Waals surface area contributed by atoms with E-state index in [1.54, 1.807) is 6.07 Å². The van der Waals surface area contributed by atoms with E-state index in [0.29, 0.717) is 12.3 Å². The maximum Gasteiger partial charge on any atom is 0.271 e. The van der Waals surface area contributed by atoms with Crippen LogP contribution in [0.15, 0.2) is 21.6 Å². The van der Waals surface area contributed by atoms with Crippen molar-refractivity contribution in [2.24, 2.45) is 10.6 Å². The van der Waals surface area contributed by atoms with Gasteiger partial charge in [0.15, 0.2) is 0 Å². The molecule has 6 nitrogen and oxygen atoms in total. The van der Waals surface area contributed by atoms with Gasteiger partial charge < -0.3 is 14.5 Å². The lowest BCUT2D eigenvalue weighted by atomic mass is 9.82. The van der Waals surface area contributed by atoms with Crippen LogP contribution >= 0.6 is 0 Å². The molecule has 0 radical (unpaired) electrons. The van der Waals surface area contributed by atoms with Crippen molar-refractivity contribution in [3.63, 3.8) is 0 Å². The Morgan fingerprint density at radius 3 is 2.63 bits per heavy atom. The summed E-state index contributed by atoms with van der Waals surface area (Å²) < 4.78 is 32.6. The molecule has 0 amide bonds. The molecule has 1 aromatic heterocycles. The quantitative estimate of drug-likeness (QED) is 0.837. The molecule has 1 fully saturated rings. The van der Waals surface area contributed by atoms with Crippen LogP contribution in [0.1, 0.15) is 25.5 Å². The van der Waals surface area contributed by atoms with Gasteiger partial charge in [-0.15, -0.1) is 0 Å². The molecule has 0 bridgehead atoms. The monoisotopic (exact) mass is 288 g/mol. The molecule has 7 heteroatoms. The highest BCUT2D eigenvalue weighted by Crippen LogP contribution is 2.28. The van der Waals surface area contributed by atoms with Crippen molar-refractivity contribution in [2.45, 2.75) is 31.4 Å². The number of nitrogens with two attached hydrogens (primary N) is 1. The van der Waals surface area contributed by atoms with Crippen LogP contribution in [0.5, 0.6) is 0 Å². The molecule has 108 valence electrons. The first-order chi connectivity index (χ1) is 8.89. The lowest BCUT2D eigenvalue weighted by Crippen LogP contribution is -2.36. The van der Waals surface area contributed by atoms with Gasteiger partial charge in [0.05, 0.1) is 6.54 Å². The van der Waals surface area contributed by atoms with Gasteiger partial charge in [0.1, 0.15) is 5.76 Å². The topological polar surface area (TPSA) is 94.6 Å². The van der Waals surface area contributed by atoms with E-state index >= 15 is 0 Å². The molecular weight excluding hydrogens is 268 g/mol. The number of ether oxygens (including phenoxy) is 1. The molecule has 0 saturated carbocycles. The van der Waals surface area contributed by atoms with Gasteiger partial charge in [-0.1, -0.05) is 6.92 Å². The first kappa shape index (κ1) is 14.5. The van der Waals surface area contributed by atoms with Crippen LogP contribution in [0.2, 0.25) is 0 Å². The van der Waals surface area contributed by atoms with E-state index in [1.165, 1.54) is 6.07 Å². The Bertz CT molecular complexity index is 518. The summed E-state index contributed by atoms with van der Waals surface area (Å²) in [6, 6.07) is 3.00. The average Bonchev–Trinajstić information content (AvgIpc) is 2.78.